The highest BCUT2D eigenvalue weighted by Crippen LogP contribution is 2.30. The Kier molecular flexibility index (Phi) is 5.70. The Bertz CT molecular complexity index is 571. The number of carbonyl (C=O) groups is 2. The zero-order valence-corrected chi connectivity index (χ0v) is 13.8. The van der Waals surface area contributed by atoms with Gasteiger partial charge < -0.3 is 10.4 Å². The summed E-state index contributed by atoms with van der Waals surface area (Å²) in [4.78, 5) is 22.8. The maximum absolute atomic E-state index is 12.2. The second kappa shape index (κ2) is 7.34. The molecule has 2 rings (SSSR count). The van der Waals surface area contributed by atoms with E-state index in [2.05, 4.69) is 5.32 Å². The molecule has 1 aliphatic carbocycles. The molecule has 6 heteroatoms. The van der Waals surface area contributed by atoms with Gasteiger partial charge in [0.05, 0.1) is 0 Å². The average Bonchev–Trinajstić information content (AvgIpc) is 2.38. The van der Waals surface area contributed by atoms with Crippen LogP contribution >= 0.6 is 23.2 Å². The van der Waals surface area contributed by atoms with Gasteiger partial charge in [-0.3, -0.25) is 9.59 Å². The highest BCUT2D eigenvalue weighted by atomic mass is 35.5. The van der Waals surface area contributed by atoms with Gasteiger partial charge in [0.25, 0.3) is 0 Å². The molecule has 1 unspecified atom stereocenters. The van der Waals surface area contributed by atoms with Gasteiger partial charge in [-0.15, -0.1) is 0 Å². The molecule has 1 amide bonds. The predicted octanol–water partition coefficient (Wildman–Crippen LogP) is 3.54. The van der Waals surface area contributed by atoms with Gasteiger partial charge in [0.1, 0.15) is 0 Å². The summed E-state index contributed by atoms with van der Waals surface area (Å²) in [6.07, 6.45) is 2.22. The molecule has 0 saturated heterocycles. The fourth-order valence-electron chi connectivity index (χ4n) is 2.72. The van der Waals surface area contributed by atoms with Crippen molar-refractivity contribution in [2.45, 2.75) is 38.6 Å². The molecular formula is C16H19Cl2NO3. The van der Waals surface area contributed by atoms with Crippen molar-refractivity contribution in [1.82, 2.24) is 5.32 Å². The van der Waals surface area contributed by atoms with Crippen molar-refractivity contribution in [3.8, 4) is 0 Å². The van der Waals surface area contributed by atoms with Crippen LogP contribution < -0.4 is 5.32 Å². The van der Waals surface area contributed by atoms with Crippen molar-refractivity contribution in [3.05, 3.63) is 33.8 Å². The summed E-state index contributed by atoms with van der Waals surface area (Å²) >= 11 is 12.0. The Morgan fingerprint density at radius 1 is 1.36 bits per heavy atom. The van der Waals surface area contributed by atoms with Crippen molar-refractivity contribution < 1.29 is 14.7 Å². The Labute approximate surface area is 139 Å². The third-order valence-corrected chi connectivity index (χ3v) is 4.62. The highest BCUT2D eigenvalue weighted by Gasteiger charge is 2.32. The third-order valence-electron chi connectivity index (χ3n) is 4.03. The fourth-order valence-corrected chi connectivity index (χ4v) is 3.21. The van der Waals surface area contributed by atoms with Crippen LogP contribution in [0.1, 0.15) is 31.7 Å². The number of nitrogens with one attached hydrogen (secondary N) is 1. The molecule has 0 bridgehead atoms. The SMILES string of the molecule is CC(Cc1ccc(Cl)cc1Cl)C(=O)NC1CC(CC(=O)O)C1. The summed E-state index contributed by atoms with van der Waals surface area (Å²) in [5.41, 5.74) is 0.895. The van der Waals surface area contributed by atoms with Crippen molar-refractivity contribution in [2.24, 2.45) is 11.8 Å². The number of aliphatic carboxylic acids is 1. The molecule has 22 heavy (non-hydrogen) atoms. The predicted molar refractivity (Wildman–Crippen MR) is 86.2 cm³/mol. The second-order valence-corrected chi connectivity index (χ2v) is 6.83. The van der Waals surface area contributed by atoms with E-state index in [9.17, 15) is 9.59 Å². The van der Waals surface area contributed by atoms with E-state index in [-0.39, 0.29) is 30.2 Å². The molecular weight excluding hydrogens is 325 g/mol. The maximum atomic E-state index is 12.2. The van der Waals surface area contributed by atoms with E-state index in [4.69, 9.17) is 28.3 Å². The second-order valence-electron chi connectivity index (χ2n) is 5.98. The number of hydrogen-bond donors (Lipinski definition) is 2. The number of hydrogen-bond acceptors (Lipinski definition) is 2. The van der Waals surface area contributed by atoms with Crippen molar-refractivity contribution >= 4 is 35.1 Å². The molecule has 1 aliphatic rings. The van der Waals surface area contributed by atoms with E-state index in [0.29, 0.717) is 16.5 Å². The Hall–Kier alpha value is -1.26. The van der Waals surface area contributed by atoms with E-state index in [0.717, 1.165) is 18.4 Å². The topological polar surface area (TPSA) is 66.4 Å². The van der Waals surface area contributed by atoms with Crippen LogP contribution in [-0.2, 0) is 16.0 Å². The molecule has 1 aromatic rings. The van der Waals surface area contributed by atoms with Crippen LogP contribution in [0.4, 0.5) is 0 Å². The van der Waals surface area contributed by atoms with Crippen molar-refractivity contribution in [2.75, 3.05) is 0 Å². The first-order chi connectivity index (χ1) is 10.3. The zero-order chi connectivity index (χ0) is 16.3. The van der Waals surface area contributed by atoms with E-state index in [1.807, 2.05) is 13.0 Å². The quantitative estimate of drug-likeness (QED) is 0.829. The van der Waals surface area contributed by atoms with Gasteiger partial charge >= 0.3 is 5.97 Å². The minimum absolute atomic E-state index is 0.0233. The lowest BCUT2D eigenvalue weighted by atomic mass is 9.78. The van der Waals surface area contributed by atoms with Gasteiger partial charge in [0.15, 0.2) is 0 Å². The summed E-state index contributed by atoms with van der Waals surface area (Å²) in [5, 5.41) is 12.8. The number of carboxylic acids is 1. The summed E-state index contributed by atoms with van der Waals surface area (Å²) < 4.78 is 0. The lowest BCUT2D eigenvalue weighted by Gasteiger charge is -2.35. The van der Waals surface area contributed by atoms with Gasteiger partial charge in [0.2, 0.25) is 5.91 Å². The Balaban J connectivity index is 1.79. The number of carbonyl (C=O) groups excluding carboxylic acids is 1. The molecule has 0 spiro atoms. The van der Waals surface area contributed by atoms with Crippen LogP contribution in [0.25, 0.3) is 0 Å². The van der Waals surface area contributed by atoms with Crippen molar-refractivity contribution in [1.29, 1.82) is 0 Å². The normalized spacial score (nSPS) is 21.8. The number of carboxylic acid groups (broad SMARTS) is 1. The molecule has 1 fully saturated rings. The van der Waals surface area contributed by atoms with E-state index < -0.39 is 5.97 Å². The Morgan fingerprint density at radius 3 is 2.64 bits per heavy atom. The third kappa shape index (κ3) is 4.62. The van der Waals surface area contributed by atoms with E-state index in [1.54, 1.807) is 12.1 Å². The first-order valence-corrected chi connectivity index (χ1v) is 8.07. The molecule has 0 heterocycles. The van der Waals surface area contributed by atoms with Crippen LogP contribution in [0.5, 0.6) is 0 Å². The van der Waals surface area contributed by atoms with Crippen molar-refractivity contribution in [3.63, 3.8) is 0 Å². The van der Waals surface area contributed by atoms with E-state index >= 15 is 0 Å². The molecule has 0 aromatic heterocycles. The molecule has 1 aromatic carbocycles. The molecule has 0 radical (unpaired) electrons. The number of rotatable bonds is 6. The molecule has 2 N–H and O–H groups in total. The van der Waals surface area contributed by atoms with Crippen LogP contribution in [0.15, 0.2) is 18.2 Å². The minimum Gasteiger partial charge on any atom is -0.481 e. The van der Waals surface area contributed by atoms with Crippen LogP contribution in [0.3, 0.4) is 0 Å². The van der Waals surface area contributed by atoms with Crippen LogP contribution in [-0.4, -0.2) is 23.0 Å². The van der Waals surface area contributed by atoms with Gasteiger partial charge in [0, 0.05) is 28.4 Å². The van der Waals surface area contributed by atoms with Crippen LogP contribution in [0.2, 0.25) is 10.0 Å². The smallest absolute Gasteiger partial charge is 0.303 e. The first-order valence-electron chi connectivity index (χ1n) is 7.31. The lowest BCUT2D eigenvalue weighted by Crippen LogP contribution is -2.46. The molecule has 1 saturated carbocycles. The first kappa shape index (κ1) is 17.1. The monoisotopic (exact) mass is 343 g/mol. The molecule has 120 valence electrons. The number of benzene rings is 1. The van der Waals surface area contributed by atoms with E-state index in [1.165, 1.54) is 0 Å². The summed E-state index contributed by atoms with van der Waals surface area (Å²) in [5.74, 6) is -0.814. The van der Waals surface area contributed by atoms with Gasteiger partial charge in [-0.1, -0.05) is 36.2 Å². The lowest BCUT2D eigenvalue weighted by molar-refractivity contribution is -0.139. The Morgan fingerprint density at radius 2 is 2.05 bits per heavy atom. The largest absolute Gasteiger partial charge is 0.481 e. The number of amides is 1. The van der Waals surface area contributed by atoms with Gasteiger partial charge in [-0.05, 0) is 42.9 Å². The molecule has 0 aliphatic heterocycles. The summed E-state index contributed by atoms with van der Waals surface area (Å²) in [6, 6.07) is 5.36. The average molecular weight is 344 g/mol. The molecule has 1 atom stereocenters. The molecule has 4 nitrogen and oxygen atoms in total. The highest BCUT2D eigenvalue weighted by molar-refractivity contribution is 6.35. The van der Waals surface area contributed by atoms with Gasteiger partial charge in [-0.25, -0.2) is 0 Å². The number of halogens is 2. The van der Waals surface area contributed by atoms with Crippen LogP contribution in [0, 0.1) is 11.8 Å². The maximum Gasteiger partial charge on any atom is 0.303 e. The van der Waals surface area contributed by atoms with Gasteiger partial charge in [-0.2, -0.15) is 0 Å². The minimum atomic E-state index is -0.777. The fraction of sp³-hybridized carbons (Fsp3) is 0.500. The standard InChI is InChI=1S/C16H19Cl2NO3/c1-9(4-11-2-3-12(17)8-14(11)18)16(22)19-13-5-10(6-13)7-15(20)21/h2-3,8-10,13H,4-7H2,1H3,(H,19,22)(H,20,21). The summed E-state index contributed by atoms with van der Waals surface area (Å²) in [7, 11) is 0. The zero-order valence-electron chi connectivity index (χ0n) is 12.3. The summed E-state index contributed by atoms with van der Waals surface area (Å²) in [6.45, 7) is 1.85.